The maximum atomic E-state index is 11.6. The van der Waals surface area contributed by atoms with Gasteiger partial charge in [0.2, 0.25) is 5.91 Å². The van der Waals surface area contributed by atoms with Crippen LogP contribution in [0.15, 0.2) is 0 Å². The van der Waals surface area contributed by atoms with Crippen LogP contribution in [0.3, 0.4) is 0 Å². The third-order valence-electron chi connectivity index (χ3n) is 2.44. The van der Waals surface area contributed by atoms with Gasteiger partial charge < -0.3 is 10.1 Å². The maximum Gasteiger partial charge on any atom is 0.234 e. The van der Waals surface area contributed by atoms with Gasteiger partial charge >= 0.3 is 0 Å². The zero-order chi connectivity index (χ0) is 13.1. The Morgan fingerprint density at radius 1 is 1.53 bits per heavy atom. The molecule has 1 amide bonds. The first-order valence-corrected chi connectivity index (χ1v) is 5.98. The molecule has 0 bridgehead atoms. The Kier molecular flexibility index (Phi) is 9.40. The van der Waals surface area contributed by atoms with Gasteiger partial charge in [0.15, 0.2) is 0 Å². The third kappa shape index (κ3) is 8.66. The highest BCUT2D eigenvalue weighted by Gasteiger charge is 2.12. The number of carbonyl (C=O) groups excluding carboxylic acids is 1. The molecule has 0 saturated heterocycles. The lowest BCUT2D eigenvalue weighted by Crippen LogP contribution is -2.41. The molecular formula is C12H23N3O2. The number of hydrogen-bond donors (Lipinski definition) is 1. The van der Waals surface area contributed by atoms with Gasteiger partial charge in [0.1, 0.15) is 0 Å². The number of nitrogens with one attached hydrogen (secondary N) is 1. The number of ether oxygens (including phenoxy) is 1. The predicted molar refractivity (Wildman–Crippen MR) is 66.4 cm³/mol. The van der Waals surface area contributed by atoms with E-state index >= 15 is 0 Å². The summed E-state index contributed by atoms with van der Waals surface area (Å²) < 4.78 is 4.90. The molecule has 0 aromatic heterocycles. The van der Waals surface area contributed by atoms with Crippen LogP contribution >= 0.6 is 0 Å². The molecule has 0 radical (unpaired) electrons. The van der Waals surface area contributed by atoms with Crippen LogP contribution in [0.1, 0.15) is 26.7 Å². The van der Waals surface area contributed by atoms with Crippen LogP contribution in [-0.2, 0) is 9.53 Å². The minimum Gasteiger partial charge on any atom is -0.385 e. The lowest BCUT2D eigenvalue weighted by molar-refractivity contribution is -0.122. The largest absolute Gasteiger partial charge is 0.385 e. The average molecular weight is 241 g/mol. The average Bonchev–Trinajstić information content (AvgIpc) is 2.29. The molecule has 0 heterocycles. The van der Waals surface area contributed by atoms with Crippen molar-refractivity contribution in [3.63, 3.8) is 0 Å². The Hall–Kier alpha value is -1.12. The van der Waals surface area contributed by atoms with Gasteiger partial charge in [-0.1, -0.05) is 0 Å². The minimum absolute atomic E-state index is 0.00717. The van der Waals surface area contributed by atoms with Crippen LogP contribution in [0.5, 0.6) is 0 Å². The van der Waals surface area contributed by atoms with Crippen LogP contribution < -0.4 is 5.32 Å². The summed E-state index contributed by atoms with van der Waals surface area (Å²) in [6, 6.07) is 2.37. The van der Waals surface area contributed by atoms with Gasteiger partial charge in [-0.15, -0.1) is 0 Å². The van der Waals surface area contributed by atoms with Gasteiger partial charge in [-0.05, 0) is 20.3 Å². The fourth-order valence-electron chi connectivity index (χ4n) is 1.40. The van der Waals surface area contributed by atoms with Crippen LogP contribution in [0.2, 0.25) is 0 Å². The molecule has 0 unspecified atom stereocenters. The smallest absolute Gasteiger partial charge is 0.234 e. The molecule has 5 heteroatoms. The monoisotopic (exact) mass is 241 g/mol. The number of methoxy groups -OCH3 is 1. The zero-order valence-corrected chi connectivity index (χ0v) is 11.0. The van der Waals surface area contributed by atoms with Crippen molar-refractivity contribution in [2.75, 3.05) is 33.4 Å². The molecule has 0 spiro atoms. The summed E-state index contributed by atoms with van der Waals surface area (Å²) >= 11 is 0. The van der Waals surface area contributed by atoms with Crippen LogP contribution in [0.25, 0.3) is 0 Å². The van der Waals surface area contributed by atoms with E-state index in [1.165, 1.54) is 0 Å². The topological polar surface area (TPSA) is 65.4 Å². The Labute approximate surface area is 104 Å². The highest BCUT2D eigenvalue weighted by molar-refractivity contribution is 5.78. The molecule has 17 heavy (non-hydrogen) atoms. The molecule has 0 aliphatic carbocycles. The van der Waals surface area contributed by atoms with Crippen molar-refractivity contribution in [2.24, 2.45) is 0 Å². The van der Waals surface area contributed by atoms with Gasteiger partial charge in [0, 0.05) is 39.3 Å². The highest BCUT2D eigenvalue weighted by atomic mass is 16.5. The number of hydrogen-bond acceptors (Lipinski definition) is 4. The van der Waals surface area contributed by atoms with Gasteiger partial charge in [0.05, 0.1) is 12.6 Å². The maximum absolute atomic E-state index is 11.6. The second-order valence-electron chi connectivity index (χ2n) is 4.17. The van der Waals surface area contributed by atoms with Crippen LogP contribution in [-0.4, -0.2) is 50.2 Å². The summed E-state index contributed by atoms with van der Waals surface area (Å²) in [5, 5.41) is 11.4. The summed E-state index contributed by atoms with van der Waals surface area (Å²) in [6.45, 7) is 6.33. The van der Waals surface area contributed by atoms with Crippen molar-refractivity contribution in [1.82, 2.24) is 10.2 Å². The second kappa shape index (κ2) is 10.1. The van der Waals surface area contributed by atoms with Crippen molar-refractivity contribution < 1.29 is 9.53 Å². The first-order chi connectivity index (χ1) is 8.11. The van der Waals surface area contributed by atoms with Gasteiger partial charge in [-0.25, -0.2) is 0 Å². The van der Waals surface area contributed by atoms with E-state index in [4.69, 9.17) is 10.00 Å². The summed E-state index contributed by atoms with van der Waals surface area (Å²) in [6.07, 6.45) is 1.28. The first kappa shape index (κ1) is 15.9. The Bertz CT molecular complexity index is 249. The minimum atomic E-state index is 0.00717. The fraction of sp³-hybridized carbons (Fsp3) is 0.833. The first-order valence-electron chi connectivity index (χ1n) is 5.98. The molecule has 5 nitrogen and oxygen atoms in total. The van der Waals surface area contributed by atoms with Crippen LogP contribution in [0.4, 0.5) is 0 Å². The highest BCUT2D eigenvalue weighted by Crippen LogP contribution is 1.98. The van der Waals surface area contributed by atoms with E-state index in [1.807, 2.05) is 18.7 Å². The normalized spacial score (nSPS) is 10.6. The van der Waals surface area contributed by atoms with E-state index in [0.29, 0.717) is 32.7 Å². The molecule has 0 aliphatic heterocycles. The molecule has 1 N–H and O–H groups in total. The van der Waals surface area contributed by atoms with E-state index in [1.54, 1.807) is 7.11 Å². The zero-order valence-electron chi connectivity index (χ0n) is 11.0. The Morgan fingerprint density at radius 3 is 2.76 bits per heavy atom. The summed E-state index contributed by atoms with van der Waals surface area (Å²) in [7, 11) is 1.64. The van der Waals surface area contributed by atoms with Crippen LogP contribution in [0, 0.1) is 11.3 Å². The van der Waals surface area contributed by atoms with Crippen molar-refractivity contribution in [3.05, 3.63) is 0 Å². The molecule has 0 aliphatic rings. The fourth-order valence-corrected chi connectivity index (χ4v) is 1.40. The molecule has 0 aromatic carbocycles. The second-order valence-corrected chi connectivity index (χ2v) is 4.17. The van der Waals surface area contributed by atoms with Gasteiger partial charge in [-0.2, -0.15) is 5.26 Å². The quantitative estimate of drug-likeness (QED) is 0.605. The number of nitrogens with zero attached hydrogens (tertiary/aromatic N) is 2. The standard InChI is InChI=1S/C12H23N3O2/c1-11(2)15(8-4-6-13)10-12(16)14-7-5-9-17-3/h11H,4-5,7-10H2,1-3H3,(H,14,16). The van der Waals surface area contributed by atoms with E-state index in [0.717, 1.165) is 6.42 Å². The predicted octanol–water partition coefficient (Wildman–Crippen LogP) is 0.763. The van der Waals surface area contributed by atoms with E-state index < -0.39 is 0 Å². The number of rotatable bonds is 9. The number of nitriles is 1. The molecular weight excluding hydrogens is 218 g/mol. The molecule has 0 rings (SSSR count). The van der Waals surface area contributed by atoms with Crippen molar-refractivity contribution >= 4 is 5.91 Å². The Morgan fingerprint density at radius 2 is 2.24 bits per heavy atom. The number of carbonyl (C=O) groups is 1. The van der Waals surface area contributed by atoms with E-state index in [9.17, 15) is 4.79 Å². The van der Waals surface area contributed by atoms with Crippen molar-refractivity contribution in [1.29, 1.82) is 5.26 Å². The molecule has 0 saturated carbocycles. The lowest BCUT2D eigenvalue weighted by atomic mass is 10.3. The third-order valence-corrected chi connectivity index (χ3v) is 2.44. The van der Waals surface area contributed by atoms with Gasteiger partial charge in [0.25, 0.3) is 0 Å². The molecule has 0 aromatic rings. The van der Waals surface area contributed by atoms with Crippen molar-refractivity contribution in [3.8, 4) is 6.07 Å². The van der Waals surface area contributed by atoms with Gasteiger partial charge in [-0.3, -0.25) is 9.69 Å². The van der Waals surface area contributed by atoms with E-state index in [-0.39, 0.29) is 11.9 Å². The molecule has 98 valence electrons. The SMILES string of the molecule is COCCCNC(=O)CN(CCC#N)C(C)C. The summed E-state index contributed by atoms with van der Waals surface area (Å²) in [5.41, 5.74) is 0. The molecule has 0 fully saturated rings. The Balaban J connectivity index is 3.84. The number of amides is 1. The summed E-state index contributed by atoms with van der Waals surface area (Å²) in [4.78, 5) is 13.6. The van der Waals surface area contributed by atoms with E-state index in [2.05, 4.69) is 11.4 Å². The lowest BCUT2D eigenvalue weighted by Gasteiger charge is -2.24. The summed E-state index contributed by atoms with van der Waals surface area (Å²) in [5.74, 6) is 0.00717. The van der Waals surface area contributed by atoms with Crippen molar-refractivity contribution in [2.45, 2.75) is 32.7 Å². The molecule has 0 atom stereocenters.